The lowest BCUT2D eigenvalue weighted by Gasteiger charge is -1.98. The van der Waals surface area contributed by atoms with Gasteiger partial charge in [0.1, 0.15) is 10.6 Å². The Hall–Kier alpha value is -2.34. The van der Waals surface area contributed by atoms with E-state index >= 15 is 0 Å². The fourth-order valence-corrected chi connectivity index (χ4v) is 2.63. The van der Waals surface area contributed by atoms with Crippen molar-refractivity contribution in [3.63, 3.8) is 0 Å². The van der Waals surface area contributed by atoms with E-state index in [0.717, 1.165) is 0 Å². The van der Waals surface area contributed by atoms with Crippen LogP contribution in [0.2, 0.25) is 0 Å². The highest BCUT2D eigenvalue weighted by molar-refractivity contribution is 7.17. The molecule has 5 nitrogen and oxygen atoms in total. The summed E-state index contributed by atoms with van der Waals surface area (Å²) in [4.78, 5) is 19.2. The average Bonchev–Trinajstić information content (AvgIpc) is 2.96. The second-order valence-electron chi connectivity index (χ2n) is 3.67. The van der Waals surface area contributed by atoms with Crippen LogP contribution < -0.4 is 5.56 Å². The van der Waals surface area contributed by atoms with Crippen molar-refractivity contribution in [1.29, 1.82) is 0 Å². The fraction of sp³-hybridized carbons (Fsp3) is 0. The van der Waals surface area contributed by atoms with Crippen molar-refractivity contribution in [2.24, 2.45) is 0 Å². The summed E-state index contributed by atoms with van der Waals surface area (Å²) in [6.07, 6.45) is 1.55. The zero-order chi connectivity index (χ0) is 12.7. The first-order valence-corrected chi connectivity index (χ1v) is 5.98. The molecule has 0 atom stereocenters. The molecule has 0 aliphatic carbocycles. The molecule has 6 heteroatoms. The molecule has 90 valence electrons. The molecule has 3 rings (SSSR count). The van der Waals surface area contributed by atoms with E-state index in [0.29, 0.717) is 21.5 Å². The first-order chi connectivity index (χ1) is 8.66. The molecule has 0 fully saturated rings. The topological polar surface area (TPSA) is 79.1 Å². The van der Waals surface area contributed by atoms with Gasteiger partial charge in [0.05, 0.1) is 11.6 Å². The molecule has 0 saturated heterocycles. The van der Waals surface area contributed by atoms with E-state index < -0.39 is 0 Å². The molecule has 0 aromatic carbocycles. The van der Waals surface area contributed by atoms with E-state index in [2.05, 4.69) is 16.5 Å². The number of hydrogen-bond acceptors (Lipinski definition) is 5. The van der Waals surface area contributed by atoms with Crippen LogP contribution in [0, 0.1) is 0 Å². The molecule has 0 saturated carbocycles. The Morgan fingerprint density at radius 2 is 2.39 bits per heavy atom. The van der Waals surface area contributed by atoms with Crippen LogP contribution in [0.1, 0.15) is 5.82 Å². The van der Waals surface area contributed by atoms with Gasteiger partial charge in [-0.1, -0.05) is 6.58 Å². The van der Waals surface area contributed by atoms with Crippen molar-refractivity contribution in [3.05, 3.63) is 46.5 Å². The van der Waals surface area contributed by atoms with Crippen LogP contribution in [0.3, 0.4) is 0 Å². The highest BCUT2D eigenvalue weighted by atomic mass is 32.1. The molecule has 3 aromatic heterocycles. The molecular formula is C12H8N2O3S. The van der Waals surface area contributed by atoms with Gasteiger partial charge in [0.15, 0.2) is 11.6 Å². The number of nitrogens with zero attached hydrogens (tertiary/aromatic N) is 1. The molecule has 18 heavy (non-hydrogen) atoms. The maximum absolute atomic E-state index is 12.0. The average molecular weight is 260 g/mol. The Morgan fingerprint density at radius 3 is 3.06 bits per heavy atom. The molecule has 0 spiro atoms. The van der Waals surface area contributed by atoms with Crippen LogP contribution in [0.4, 0.5) is 0 Å². The number of fused-ring (bicyclic) bond motifs is 1. The van der Waals surface area contributed by atoms with E-state index in [9.17, 15) is 9.90 Å². The number of thiophene rings is 1. The fourth-order valence-electron chi connectivity index (χ4n) is 1.70. The van der Waals surface area contributed by atoms with Crippen molar-refractivity contribution in [2.75, 3.05) is 0 Å². The number of aromatic nitrogens is 2. The molecule has 0 aliphatic rings. The highest BCUT2D eigenvalue weighted by Gasteiger charge is 2.15. The predicted octanol–water partition coefficient (Wildman–Crippen LogP) is 2.77. The van der Waals surface area contributed by atoms with E-state index in [1.54, 1.807) is 23.8 Å². The first kappa shape index (κ1) is 10.8. The number of hydrogen-bond donors (Lipinski definition) is 2. The quantitative estimate of drug-likeness (QED) is 0.694. The molecular weight excluding hydrogens is 252 g/mol. The summed E-state index contributed by atoms with van der Waals surface area (Å²) < 4.78 is 5.28. The molecule has 2 N–H and O–H groups in total. The zero-order valence-corrected chi connectivity index (χ0v) is 9.95. The minimum absolute atomic E-state index is 0.0837. The lowest BCUT2D eigenvalue weighted by atomic mass is 10.2. The Morgan fingerprint density at radius 1 is 1.56 bits per heavy atom. The molecule has 3 heterocycles. The Bertz CT molecular complexity index is 783. The molecule has 0 aliphatic heterocycles. The number of H-pyrrole nitrogens is 1. The number of aromatic amines is 1. The van der Waals surface area contributed by atoms with Crippen molar-refractivity contribution < 1.29 is 9.52 Å². The number of rotatable bonds is 2. The summed E-state index contributed by atoms with van der Waals surface area (Å²) in [6.45, 7) is 3.34. The van der Waals surface area contributed by atoms with Gasteiger partial charge in [0, 0.05) is 10.9 Å². The maximum Gasteiger partial charge on any atom is 0.260 e. The second kappa shape index (κ2) is 3.85. The minimum Gasteiger partial charge on any atom is -0.505 e. The minimum atomic E-state index is -0.321. The number of aliphatic hydroxyl groups is 1. The lowest BCUT2D eigenvalue weighted by molar-refractivity contribution is 0.507. The summed E-state index contributed by atoms with van der Waals surface area (Å²) >= 11 is 1.31. The second-order valence-corrected chi connectivity index (χ2v) is 4.53. The first-order valence-electron chi connectivity index (χ1n) is 5.10. The van der Waals surface area contributed by atoms with Crippen LogP contribution in [-0.4, -0.2) is 15.1 Å². The summed E-state index contributed by atoms with van der Waals surface area (Å²) in [5.74, 6) is 0.436. The normalized spacial score (nSPS) is 10.9. The van der Waals surface area contributed by atoms with Gasteiger partial charge < -0.3 is 14.5 Å². The van der Waals surface area contributed by atoms with Gasteiger partial charge in [0.25, 0.3) is 5.56 Å². The number of aliphatic hydroxyl groups excluding tert-OH is 1. The van der Waals surface area contributed by atoms with Crippen LogP contribution in [0.5, 0.6) is 0 Å². The van der Waals surface area contributed by atoms with E-state index in [4.69, 9.17) is 4.42 Å². The maximum atomic E-state index is 12.0. The van der Waals surface area contributed by atoms with Crippen LogP contribution in [0.15, 0.2) is 39.6 Å². The van der Waals surface area contributed by atoms with E-state index in [1.807, 2.05) is 0 Å². The molecule has 0 unspecified atom stereocenters. The number of furan rings is 1. The Labute approximate surface area is 105 Å². The molecule has 0 amide bonds. The largest absolute Gasteiger partial charge is 0.505 e. The smallest absolute Gasteiger partial charge is 0.260 e. The standard InChI is InChI=1S/C12H8N2O3S/c1-6(15)10-13-11(16)9-7(5-18-12(9)14-10)8-3-2-4-17-8/h2-5,15H,1H2,(H,13,14,16). The van der Waals surface area contributed by atoms with Gasteiger partial charge in [0.2, 0.25) is 0 Å². The zero-order valence-electron chi connectivity index (χ0n) is 9.14. The monoisotopic (exact) mass is 260 g/mol. The third-order valence-corrected chi connectivity index (χ3v) is 3.38. The predicted molar refractivity (Wildman–Crippen MR) is 69.6 cm³/mol. The van der Waals surface area contributed by atoms with Gasteiger partial charge in [-0.15, -0.1) is 11.3 Å². The summed E-state index contributed by atoms with van der Waals surface area (Å²) in [7, 11) is 0. The molecule has 0 bridgehead atoms. The van der Waals surface area contributed by atoms with Crippen molar-refractivity contribution >= 4 is 27.3 Å². The van der Waals surface area contributed by atoms with Gasteiger partial charge in [-0.05, 0) is 12.1 Å². The van der Waals surface area contributed by atoms with Gasteiger partial charge >= 0.3 is 0 Å². The van der Waals surface area contributed by atoms with Gasteiger partial charge in [-0.3, -0.25) is 4.79 Å². The number of nitrogens with one attached hydrogen (secondary N) is 1. The third-order valence-electron chi connectivity index (χ3n) is 2.50. The summed E-state index contributed by atoms with van der Waals surface area (Å²) in [5, 5.41) is 11.5. The third kappa shape index (κ3) is 1.54. The Kier molecular flexibility index (Phi) is 2.31. The van der Waals surface area contributed by atoms with Gasteiger partial charge in [-0.25, -0.2) is 4.98 Å². The molecule has 0 radical (unpaired) electrons. The van der Waals surface area contributed by atoms with Crippen LogP contribution >= 0.6 is 11.3 Å². The molecule has 3 aromatic rings. The Balaban J connectivity index is 2.33. The van der Waals surface area contributed by atoms with Crippen molar-refractivity contribution in [3.8, 4) is 11.3 Å². The van der Waals surface area contributed by atoms with E-state index in [-0.39, 0.29) is 17.1 Å². The summed E-state index contributed by atoms with van der Waals surface area (Å²) in [6, 6.07) is 3.53. The lowest BCUT2D eigenvalue weighted by Crippen LogP contribution is -2.10. The van der Waals surface area contributed by atoms with Crippen molar-refractivity contribution in [2.45, 2.75) is 0 Å². The van der Waals surface area contributed by atoms with Crippen LogP contribution in [-0.2, 0) is 0 Å². The van der Waals surface area contributed by atoms with E-state index in [1.165, 1.54) is 11.3 Å². The summed E-state index contributed by atoms with van der Waals surface area (Å²) in [5.41, 5.74) is 0.377. The van der Waals surface area contributed by atoms with Gasteiger partial charge in [-0.2, -0.15) is 0 Å². The van der Waals surface area contributed by atoms with Crippen LogP contribution in [0.25, 0.3) is 27.3 Å². The van der Waals surface area contributed by atoms with Crippen molar-refractivity contribution in [1.82, 2.24) is 9.97 Å². The SMILES string of the molecule is C=C(O)c1nc2scc(-c3ccco3)c2c(=O)[nH]1. The highest BCUT2D eigenvalue weighted by Crippen LogP contribution is 2.31.